The summed E-state index contributed by atoms with van der Waals surface area (Å²) in [4.78, 5) is 44.6. The van der Waals surface area contributed by atoms with Gasteiger partial charge in [0.1, 0.15) is 12.6 Å². The summed E-state index contributed by atoms with van der Waals surface area (Å²) in [6.45, 7) is -0.258. The van der Waals surface area contributed by atoms with E-state index in [4.69, 9.17) is 4.74 Å². The number of carbonyl (C=O) groups is 3. The fraction of sp³-hybridized carbons (Fsp3) is 0.118. The van der Waals surface area contributed by atoms with Crippen molar-refractivity contribution < 1.29 is 29.2 Å². The van der Waals surface area contributed by atoms with Crippen LogP contribution in [0.1, 0.15) is 17.2 Å². The maximum atomic E-state index is 12.0. The maximum Gasteiger partial charge on any atom is 0.431 e. The van der Waals surface area contributed by atoms with Gasteiger partial charge in [0.25, 0.3) is 5.69 Å². The van der Waals surface area contributed by atoms with Gasteiger partial charge in [-0.1, -0.05) is 30.3 Å². The van der Waals surface area contributed by atoms with Crippen molar-refractivity contribution in [3.8, 4) is 0 Å². The molecule has 0 aliphatic heterocycles. The summed E-state index contributed by atoms with van der Waals surface area (Å²) in [6, 6.07) is 11.9. The predicted octanol–water partition coefficient (Wildman–Crippen LogP) is 2.02. The number of ether oxygens (including phenoxy) is 1. The smallest absolute Gasteiger partial charge is 0.431 e. The maximum absolute atomic E-state index is 12.0. The largest absolute Gasteiger partial charge is 0.480 e. The third-order valence-electron chi connectivity index (χ3n) is 3.46. The number of carboxylic acids is 1. The quantitative estimate of drug-likeness (QED) is 0.407. The molecule has 140 valence electrons. The van der Waals surface area contributed by atoms with Gasteiger partial charge in [-0.3, -0.25) is 19.7 Å². The Morgan fingerprint density at radius 2 is 1.81 bits per heavy atom. The van der Waals surface area contributed by atoms with E-state index in [0.29, 0.717) is 16.1 Å². The van der Waals surface area contributed by atoms with E-state index in [9.17, 15) is 29.6 Å². The number of carbonyl (C=O) groups excluding carboxylic acids is 2. The second-order valence-corrected chi connectivity index (χ2v) is 5.26. The number of nitrogens with zero attached hydrogens (tertiary/aromatic N) is 2. The van der Waals surface area contributed by atoms with Crippen molar-refractivity contribution in [2.45, 2.75) is 12.6 Å². The van der Waals surface area contributed by atoms with E-state index < -0.39 is 23.0 Å². The highest BCUT2D eigenvalue weighted by Gasteiger charge is 2.25. The Kier molecular flexibility index (Phi) is 6.55. The molecule has 0 bridgehead atoms. The molecule has 2 aromatic carbocycles. The highest BCUT2D eigenvalue weighted by atomic mass is 16.6. The van der Waals surface area contributed by atoms with E-state index in [1.165, 1.54) is 36.4 Å². The van der Waals surface area contributed by atoms with Crippen molar-refractivity contribution in [3.05, 3.63) is 75.8 Å². The molecule has 27 heavy (non-hydrogen) atoms. The van der Waals surface area contributed by atoms with Crippen LogP contribution in [0.3, 0.4) is 0 Å². The van der Waals surface area contributed by atoms with Crippen LogP contribution in [-0.4, -0.2) is 33.5 Å². The van der Waals surface area contributed by atoms with Gasteiger partial charge in [0, 0.05) is 12.1 Å². The summed E-state index contributed by atoms with van der Waals surface area (Å²) < 4.78 is 4.93. The van der Waals surface area contributed by atoms with Crippen LogP contribution in [0.25, 0.3) is 0 Å². The first-order chi connectivity index (χ1) is 12.9. The Labute approximate surface area is 153 Å². The Morgan fingerprint density at radius 1 is 1.19 bits per heavy atom. The molecule has 0 heterocycles. The fourth-order valence-electron chi connectivity index (χ4n) is 2.11. The molecule has 0 aromatic heterocycles. The molecule has 2 aromatic rings. The highest BCUT2D eigenvalue weighted by molar-refractivity contribution is 5.81. The Balaban J connectivity index is 2.01. The number of hydrogen-bond acceptors (Lipinski definition) is 7. The van der Waals surface area contributed by atoms with Gasteiger partial charge in [-0.25, -0.2) is 10.2 Å². The van der Waals surface area contributed by atoms with Gasteiger partial charge in [-0.05, 0) is 23.3 Å². The molecule has 0 saturated carbocycles. The number of nitro groups is 1. The molecular formula is C17H15N3O7. The van der Waals surface area contributed by atoms with Crippen molar-refractivity contribution in [1.29, 1.82) is 0 Å². The normalized spacial score (nSPS) is 11.3. The van der Waals surface area contributed by atoms with E-state index in [2.05, 4.69) is 5.43 Å². The van der Waals surface area contributed by atoms with Gasteiger partial charge in [-0.15, -0.1) is 0 Å². The van der Waals surface area contributed by atoms with Crippen LogP contribution in [0.15, 0.2) is 54.6 Å². The molecular weight excluding hydrogens is 358 g/mol. The molecule has 0 radical (unpaired) electrons. The fourth-order valence-corrected chi connectivity index (χ4v) is 2.11. The molecule has 0 aliphatic carbocycles. The lowest BCUT2D eigenvalue weighted by atomic mass is 10.1. The van der Waals surface area contributed by atoms with Crippen LogP contribution < -0.4 is 5.43 Å². The van der Waals surface area contributed by atoms with Gasteiger partial charge in [-0.2, -0.15) is 5.01 Å². The number of amides is 2. The molecule has 0 unspecified atom stereocenters. The SMILES string of the molecule is O=CN(N[C@@H](C(=O)O)c1ccccc1)C(=O)OCc1ccc([N+](=O)[O-])cc1. The van der Waals surface area contributed by atoms with Gasteiger partial charge >= 0.3 is 12.1 Å². The number of carboxylic acid groups (broad SMARTS) is 1. The first-order valence-corrected chi connectivity index (χ1v) is 7.61. The van der Waals surface area contributed by atoms with Gasteiger partial charge in [0.2, 0.25) is 6.41 Å². The van der Waals surface area contributed by atoms with Crippen molar-refractivity contribution >= 4 is 24.2 Å². The number of hydrogen-bond donors (Lipinski definition) is 2. The van der Waals surface area contributed by atoms with Crippen LogP contribution in [-0.2, 0) is 20.9 Å². The minimum atomic E-state index is -1.34. The van der Waals surface area contributed by atoms with Gasteiger partial charge in [0.15, 0.2) is 0 Å². The first-order valence-electron chi connectivity index (χ1n) is 7.61. The van der Waals surface area contributed by atoms with E-state index in [0.717, 1.165) is 0 Å². The zero-order valence-electron chi connectivity index (χ0n) is 13.8. The van der Waals surface area contributed by atoms with Crippen molar-refractivity contribution in [2.75, 3.05) is 0 Å². The minimum absolute atomic E-state index is 0.0943. The number of nitro benzene ring substituents is 1. The van der Waals surface area contributed by atoms with Crippen LogP contribution >= 0.6 is 0 Å². The molecule has 2 N–H and O–H groups in total. The zero-order valence-corrected chi connectivity index (χ0v) is 13.8. The molecule has 1 atom stereocenters. The minimum Gasteiger partial charge on any atom is -0.480 e. The highest BCUT2D eigenvalue weighted by Crippen LogP contribution is 2.15. The molecule has 0 spiro atoms. The van der Waals surface area contributed by atoms with E-state index in [-0.39, 0.29) is 18.7 Å². The number of imide groups is 1. The van der Waals surface area contributed by atoms with Crippen LogP contribution in [0, 0.1) is 10.1 Å². The average molecular weight is 373 g/mol. The summed E-state index contributed by atoms with van der Waals surface area (Å²) in [7, 11) is 0. The number of nitrogens with one attached hydrogen (secondary N) is 1. The molecule has 10 nitrogen and oxygen atoms in total. The Hall–Kier alpha value is -3.79. The second-order valence-electron chi connectivity index (χ2n) is 5.26. The zero-order chi connectivity index (χ0) is 19.8. The van der Waals surface area contributed by atoms with Crippen molar-refractivity contribution in [2.24, 2.45) is 0 Å². The number of non-ortho nitro benzene ring substituents is 1. The molecule has 2 amide bonds. The first kappa shape index (κ1) is 19.5. The predicted molar refractivity (Wildman–Crippen MR) is 91.1 cm³/mol. The summed E-state index contributed by atoms with van der Waals surface area (Å²) in [6.07, 6.45) is -1.03. The van der Waals surface area contributed by atoms with Crippen LogP contribution in [0.4, 0.5) is 10.5 Å². The number of hydrazine groups is 1. The second kappa shape index (κ2) is 9.06. The molecule has 10 heteroatoms. The molecule has 0 fully saturated rings. The van der Waals surface area contributed by atoms with Crippen molar-refractivity contribution in [1.82, 2.24) is 10.4 Å². The number of benzene rings is 2. The number of rotatable bonds is 8. The Morgan fingerprint density at radius 3 is 2.33 bits per heavy atom. The average Bonchev–Trinajstić information content (AvgIpc) is 2.67. The lowest BCUT2D eigenvalue weighted by molar-refractivity contribution is -0.384. The standard InChI is InChI=1S/C17H15N3O7/c21-11-19(18-15(16(22)23)13-4-2-1-3-5-13)17(24)27-10-12-6-8-14(9-7-12)20(25)26/h1-9,11,15,18H,10H2,(H,22,23)/t15-/m1/s1. The summed E-state index contributed by atoms with van der Waals surface area (Å²) >= 11 is 0. The third kappa shape index (κ3) is 5.34. The summed E-state index contributed by atoms with van der Waals surface area (Å²) in [5.74, 6) is -1.30. The van der Waals surface area contributed by atoms with E-state index in [1.807, 2.05) is 0 Å². The topological polar surface area (TPSA) is 139 Å². The monoisotopic (exact) mass is 373 g/mol. The lowest BCUT2D eigenvalue weighted by Gasteiger charge is -2.21. The van der Waals surface area contributed by atoms with Crippen molar-refractivity contribution in [3.63, 3.8) is 0 Å². The molecule has 0 aliphatic rings. The van der Waals surface area contributed by atoms with Crippen LogP contribution in [0.5, 0.6) is 0 Å². The van der Waals surface area contributed by atoms with Gasteiger partial charge < -0.3 is 9.84 Å². The third-order valence-corrected chi connectivity index (χ3v) is 3.46. The van der Waals surface area contributed by atoms with E-state index in [1.54, 1.807) is 18.2 Å². The number of aliphatic carboxylic acids is 1. The lowest BCUT2D eigenvalue weighted by Crippen LogP contribution is -2.46. The molecule has 0 saturated heterocycles. The Bertz CT molecular complexity index is 824. The van der Waals surface area contributed by atoms with Crippen LogP contribution in [0.2, 0.25) is 0 Å². The van der Waals surface area contributed by atoms with Gasteiger partial charge in [0.05, 0.1) is 4.92 Å². The van der Waals surface area contributed by atoms with E-state index >= 15 is 0 Å². The summed E-state index contributed by atoms with van der Waals surface area (Å²) in [5.41, 5.74) is 2.95. The molecule has 2 rings (SSSR count). The summed E-state index contributed by atoms with van der Waals surface area (Å²) in [5, 5.41) is 20.3.